The first-order chi connectivity index (χ1) is 9.56. The topological polar surface area (TPSA) is 71.8 Å². The number of hydrogen-bond acceptors (Lipinski definition) is 3. The largest absolute Gasteiger partial charge is 0.335 e. The standard InChI is InChI=1S/C14H23N5O/c1-8(2)12(16-14(20)15-10-7-9(10)3)13-18-17-11-5-4-6-19(11)13/h8-10,12H,4-7H2,1-3H3,(H2,15,16,20)/t9-,10-,12+/m1/s1. The Balaban J connectivity index is 1.70. The van der Waals surface area contributed by atoms with Gasteiger partial charge in [-0.05, 0) is 24.7 Å². The fraction of sp³-hybridized carbons (Fsp3) is 0.786. The molecule has 1 aliphatic carbocycles. The molecule has 0 unspecified atom stereocenters. The molecule has 0 radical (unpaired) electrons. The summed E-state index contributed by atoms with van der Waals surface area (Å²) in [5, 5.41) is 14.6. The average molecular weight is 277 g/mol. The predicted molar refractivity (Wildman–Crippen MR) is 75.2 cm³/mol. The zero-order chi connectivity index (χ0) is 14.3. The number of nitrogens with one attached hydrogen (secondary N) is 2. The van der Waals surface area contributed by atoms with Crippen LogP contribution in [0.3, 0.4) is 0 Å². The summed E-state index contributed by atoms with van der Waals surface area (Å²) in [7, 11) is 0. The number of fused-ring (bicyclic) bond motifs is 1. The van der Waals surface area contributed by atoms with Gasteiger partial charge >= 0.3 is 6.03 Å². The van der Waals surface area contributed by atoms with Crippen molar-refractivity contribution in [2.24, 2.45) is 11.8 Å². The lowest BCUT2D eigenvalue weighted by Crippen LogP contribution is -2.42. The molecule has 0 spiro atoms. The Morgan fingerprint density at radius 2 is 2.15 bits per heavy atom. The zero-order valence-corrected chi connectivity index (χ0v) is 12.4. The lowest BCUT2D eigenvalue weighted by molar-refractivity contribution is 0.230. The lowest BCUT2D eigenvalue weighted by atomic mass is 10.0. The van der Waals surface area contributed by atoms with Crippen LogP contribution in [0.25, 0.3) is 0 Å². The molecule has 2 amide bonds. The summed E-state index contributed by atoms with van der Waals surface area (Å²) in [5.41, 5.74) is 0. The Bertz CT molecular complexity index is 510. The maximum Gasteiger partial charge on any atom is 0.315 e. The van der Waals surface area contributed by atoms with Crippen molar-refractivity contribution in [3.63, 3.8) is 0 Å². The second kappa shape index (κ2) is 5.07. The van der Waals surface area contributed by atoms with Crippen molar-refractivity contribution in [3.8, 4) is 0 Å². The third-order valence-electron chi connectivity index (χ3n) is 4.30. The van der Waals surface area contributed by atoms with Gasteiger partial charge < -0.3 is 15.2 Å². The number of carbonyl (C=O) groups is 1. The van der Waals surface area contributed by atoms with Crippen molar-refractivity contribution in [3.05, 3.63) is 11.6 Å². The van der Waals surface area contributed by atoms with Gasteiger partial charge in [0, 0.05) is 19.0 Å². The van der Waals surface area contributed by atoms with Gasteiger partial charge in [0.05, 0.1) is 6.04 Å². The van der Waals surface area contributed by atoms with Crippen LogP contribution < -0.4 is 10.6 Å². The van der Waals surface area contributed by atoms with Gasteiger partial charge in [-0.15, -0.1) is 10.2 Å². The SMILES string of the molecule is CC(C)[C@H](NC(=O)N[C@@H]1C[C@H]1C)c1nnc2n1CCC2. The van der Waals surface area contributed by atoms with E-state index in [1.807, 2.05) is 0 Å². The minimum atomic E-state index is -0.0894. The van der Waals surface area contributed by atoms with Crippen molar-refractivity contribution in [1.29, 1.82) is 0 Å². The third kappa shape index (κ3) is 2.51. The average Bonchev–Trinajstić information content (AvgIpc) is 2.81. The molecule has 3 rings (SSSR count). The van der Waals surface area contributed by atoms with Crippen LogP contribution in [-0.2, 0) is 13.0 Å². The predicted octanol–water partition coefficient (Wildman–Crippen LogP) is 1.63. The van der Waals surface area contributed by atoms with Gasteiger partial charge in [-0.25, -0.2) is 4.79 Å². The number of rotatable bonds is 4. The van der Waals surface area contributed by atoms with Crippen LogP contribution in [-0.4, -0.2) is 26.8 Å². The molecule has 0 saturated heterocycles. The van der Waals surface area contributed by atoms with E-state index in [0.29, 0.717) is 12.0 Å². The number of aromatic nitrogens is 3. The Hall–Kier alpha value is -1.59. The molecule has 0 aromatic carbocycles. The molecule has 3 atom stereocenters. The molecule has 1 fully saturated rings. The highest BCUT2D eigenvalue weighted by atomic mass is 16.2. The van der Waals surface area contributed by atoms with Crippen LogP contribution in [0, 0.1) is 11.8 Å². The Morgan fingerprint density at radius 1 is 1.40 bits per heavy atom. The lowest BCUT2D eigenvalue weighted by Gasteiger charge is -2.22. The summed E-state index contributed by atoms with van der Waals surface area (Å²) in [5.74, 6) is 2.83. The maximum absolute atomic E-state index is 12.1. The zero-order valence-electron chi connectivity index (χ0n) is 12.4. The fourth-order valence-electron chi connectivity index (χ4n) is 2.81. The highest BCUT2D eigenvalue weighted by Crippen LogP contribution is 2.29. The molecule has 1 aromatic heterocycles. The molecule has 1 aromatic rings. The molecule has 1 saturated carbocycles. The number of urea groups is 1. The van der Waals surface area contributed by atoms with E-state index in [4.69, 9.17) is 0 Å². The molecule has 2 aliphatic rings. The smallest absolute Gasteiger partial charge is 0.315 e. The van der Waals surface area contributed by atoms with Crippen molar-refractivity contribution >= 4 is 6.03 Å². The van der Waals surface area contributed by atoms with Gasteiger partial charge in [0.2, 0.25) is 0 Å². The van der Waals surface area contributed by atoms with E-state index in [2.05, 4.69) is 46.2 Å². The van der Waals surface area contributed by atoms with Gasteiger partial charge in [-0.3, -0.25) is 0 Å². The second-order valence-electron chi connectivity index (χ2n) is 6.39. The van der Waals surface area contributed by atoms with E-state index in [9.17, 15) is 4.79 Å². The summed E-state index contributed by atoms with van der Waals surface area (Å²) < 4.78 is 2.16. The molecule has 0 bridgehead atoms. The molecular weight excluding hydrogens is 254 g/mol. The highest BCUT2D eigenvalue weighted by Gasteiger charge is 2.35. The van der Waals surface area contributed by atoms with Crippen molar-refractivity contribution < 1.29 is 4.79 Å². The molecule has 2 N–H and O–H groups in total. The first kappa shape index (κ1) is 13.4. The second-order valence-corrected chi connectivity index (χ2v) is 6.39. The maximum atomic E-state index is 12.1. The van der Waals surface area contributed by atoms with E-state index in [-0.39, 0.29) is 18.0 Å². The molecule has 6 heteroatoms. The quantitative estimate of drug-likeness (QED) is 0.878. The highest BCUT2D eigenvalue weighted by molar-refractivity contribution is 5.75. The van der Waals surface area contributed by atoms with Gasteiger partial charge in [0.25, 0.3) is 0 Å². The summed E-state index contributed by atoms with van der Waals surface area (Å²) in [6.07, 6.45) is 3.19. The number of amides is 2. The number of carbonyl (C=O) groups excluding carboxylic acids is 1. The van der Waals surface area contributed by atoms with Crippen LogP contribution in [0.4, 0.5) is 4.79 Å². The van der Waals surface area contributed by atoms with E-state index in [1.54, 1.807) is 0 Å². The van der Waals surface area contributed by atoms with E-state index >= 15 is 0 Å². The van der Waals surface area contributed by atoms with Crippen LogP contribution in [0.1, 0.15) is 51.3 Å². The minimum Gasteiger partial charge on any atom is -0.335 e. The van der Waals surface area contributed by atoms with Gasteiger partial charge in [-0.2, -0.15) is 0 Å². The van der Waals surface area contributed by atoms with E-state index in [1.165, 1.54) is 0 Å². The first-order valence-electron chi connectivity index (χ1n) is 7.55. The number of aryl methyl sites for hydroxylation is 1. The van der Waals surface area contributed by atoms with Gasteiger partial charge in [-0.1, -0.05) is 20.8 Å². The van der Waals surface area contributed by atoms with Crippen LogP contribution in [0.15, 0.2) is 0 Å². The molecule has 6 nitrogen and oxygen atoms in total. The van der Waals surface area contributed by atoms with E-state index < -0.39 is 0 Å². The van der Waals surface area contributed by atoms with Crippen LogP contribution >= 0.6 is 0 Å². The van der Waals surface area contributed by atoms with Crippen LogP contribution in [0.2, 0.25) is 0 Å². The molecule has 110 valence electrons. The number of nitrogens with zero attached hydrogens (tertiary/aromatic N) is 3. The van der Waals surface area contributed by atoms with Crippen molar-refractivity contribution in [2.45, 2.75) is 58.7 Å². The summed E-state index contributed by atoms with van der Waals surface area (Å²) in [6, 6.07) is 0.170. The normalized spacial score (nSPS) is 25.4. The van der Waals surface area contributed by atoms with E-state index in [0.717, 1.165) is 37.5 Å². The number of hydrogen-bond donors (Lipinski definition) is 2. The molecule has 1 aliphatic heterocycles. The fourth-order valence-corrected chi connectivity index (χ4v) is 2.81. The van der Waals surface area contributed by atoms with Crippen molar-refractivity contribution in [2.75, 3.05) is 0 Å². The summed E-state index contributed by atoms with van der Waals surface area (Å²) >= 11 is 0. The minimum absolute atomic E-state index is 0.0802. The molecule has 2 heterocycles. The third-order valence-corrected chi connectivity index (χ3v) is 4.30. The monoisotopic (exact) mass is 277 g/mol. The Morgan fingerprint density at radius 3 is 2.80 bits per heavy atom. The summed E-state index contributed by atoms with van der Waals surface area (Å²) in [6.45, 7) is 7.31. The Labute approximate surface area is 119 Å². The van der Waals surface area contributed by atoms with Gasteiger partial charge in [0.1, 0.15) is 5.82 Å². The van der Waals surface area contributed by atoms with Crippen molar-refractivity contribution in [1.82, 2.24) is 25.4 Å². The van der Waals surface area contributed by atoms with Gasteiger partial charge in [0.15, 0.2) is 5.82 Å². The molecule has 20 heavy (non-hydrogen) atoms. The summed E-state index contributed by atoms with van der Waals surface area (Å²) in [4.78, 5) is 12.1. The Kier molecular flexibility index (Phi) is 3.40. The molecular formula is C14H23N5O. The van der Waals surface area contributed by atoms with Crippen LogP contribution in [0.5, 0.6) is 0 Å². The first-order valence-corrected chi connectivity index (χ1v) is 7.55.